The van der Waals surface area contributed by atoms with Crippen LogP contribution in [-0.4, -0.2) is 49.8 Å². The zero-order valence-corrected chi connectivity index (χ0v) is 11.2. The predicted molar refractivity (Wildman–Crippen MR) is 72.0 cm³/mol. The van der Waals surface area contributed by atoms with Gasteiger partial charge in [0.2, 0.25) is 5.91 Å². The van der Waals surface area contributed by atoms with Crippen LogP contribution in [0.5, 0.6) is 5.75 Å². The SMILES string of the molecule is Cc1cccc(OC[C@H]2CN(CC(N)=O)CCO2)c1. The fraction of sp³-hybridized carbons (Fsp3) is 0.500. The van der Waals surface area contributed by atoms with Gasteiger partial charge in [-0.15, -0.1) is 0 Å². The highest BCUT2D eigenvalue weighted by molar-refractivity contribution is 5.75. The molecule has 1 heterocycles. The number of ether oxygens (including phenoxy) is 2. The number of benzene rings is 1. The quantitative estimate of drug-likeness (QED) is 0.844. The molecule has 1 amide bonds. The van der Waals surface area contributed by atoms with Crippen molar-refractivity contribution < 1.29 is 14.3 Å². The molecular formula is C14H20N2O3. The Bertz CT molecular complexity index is 436. The first-order chi connectivity index (χ1) is 9.13. The summed E-state index contributed by atoms with van der Waals surface area (Å²) in [6.45, 7) is 4.81. The van der Waals surface area contributed by atoms with Crippen LogP contribution in [0, 0.1) is 6.92 Å². The van der Waals surface area contributed by atoms with Gasteiger partial charge in [0.05, 0.1) is 13.2 Å². The van der Waals surface area contributed by atoms with Crippen LogP contribution in [0.4, 0.5) is 0 Å². The van der Waals surface area contributed by atoms with E-state index >= 15 is 0 Å². The number of hydrogen-bond donors (Lipinski definition) is 1. The van der Waals surface area contributed by atoms with Gasteiger partial charge in [0.1, 0.15) is 18.5 Å². The van der Waals surface area contributed by atoms with Gasteiger partial charge < -0.3 is 15.2 Å². The lowest BCUT2D eigenvalue weighted by Crippen LogP contribution is -2.47. The van der Waals surface area contributed by atoms with Gasteiger partial charge in [0.15, 0.2) is 0 Å². The van der Waals surface area contributed by atoms with Crippen LogP contribution in [0.2, 0.25) is 0 Å². The van der Waals surface area contributed by atoms with Crippen LogP contribution < -0.4 is 10.5 Å². The zero-order chi connectivity index (χ0) is 13.7. The summed E-state index contributed by atoms with van der Waals surface area (Å²) in [4.78, 5) is 12.9. The largest absolute Gasteiger partial charge is 0.491 e. The van der Waals surface area contributed by atoms with Crippen molar-refractivity contribution in [1.82, 2.24) is 4.90 Å². The van der Waals surface area contributed by atoms with Gasteiger partial charge in [-0.1, -0.05) is 12.1 Å². The number of morpholine rings is 1. The molecule has 1 aromatic rings. The molecule has 0 aliphatic carbocycles. The molecule has 0 radical (unpaired) electrons. The molecule has 5 nitrogen and oxygen atoms in total. The number of amides is 1. The maximum Gasteiger partial charge on any atom is 0.231 e. The van der Waals surface area contributed by atoms with E-state index in [0.29, 0.717) is 19.8 Å². The zero-order valence-electron chi connectivity index (χ0n) is 11.2. The molecule has 0 unspecified atom stereocenters. The van der Waals surface area contributed by atoms with E-state index in [2.05, 4.69) is 0 Å². The highest BCUT2D eigenvalue weighted by Gasteiger charge is 2.21. The van der Waals surface area contributed by atoms with Crippen LogP contribution in [0.25, 0.3) is 0 Å². The molecule has 19 heavy (non-hydrogen) atoms. The Labute approximate surface area is 113 Å². The van der Waals surface area contributed by atoms with Crippen molar-refractivity contribution in [3.8, 4) is 5.75 Å². The van der Waals surface area contributed by atoms with Crippen molar-refractivity contribution in [2.75, 3.05) is 32.8 Å². The second kappa shape index (κ2) is 6.54. The summed E-state index contributed by atoms with van der Waals surface area (Å²) < 4.78 is 11.3. The number of nitrogens with zero attached hydrogens (tertiary/aromatic N) is 1. The molecule has 1 aliphatic heterocycles. The number of hydrogen-bond acceptors (Lipinski definition) is 4. The molecule has 1 aliphatic rings. The molecule has 0 spiro atoms. The smallest absolute Gasteiger partial charge is 0.231 e. The van der Waals surface area contributed by atoms with Crippen molar-refractivity contribution in [2.24, 2.45) is 5.73 Å². The monoisotopic (exact) mass is 264 g/mol. The molecule has 5 heteroatoms. The van der Waals surface area contributed by atoms with Gasteiger partial charge in [0.25, 0.3) is 0 Å². The highest BCUT2D eigenvalue weighted by atomic mass is 16.5. The number of primary amides is 1. The molecule has 2 N–H and O–H groups in total. The molecule has 0 aromatic heterocycles. The highest BCUT2D eigenvalue weighted by Crippen LogP contribution is 2.14. The molecule has 1 aromatic carbocycles. The Kier molecular flexibility index (Phi) is 4.76. The standard InChI is InChI=1S/C14H20N2O3/c1-11-3-2-4-12(7-11)19-10-13-8-16(5-6-18-13)9-14(15)17/h2-4,7,13H,5-6,8-10H2,1H3,(H2,15,17)/t13-/m1/s1. The van der Waals surface area contributed by atoms with Crippen LogP contribution in [-0.2, 0) is 9.53 Å². The average molecular weight is 264 g/mol. The Morgan fingerprint density at radius 2 is 2.42 bits per heavy atom. The summed E-state index contributed by atoms with van der Waals surface area (Å²) in [7, 11) is 0. The van der Waals surface area contributed by atoms with Gasteiger partial charge in [-0.25, -0.2) is 0 Å². The van der Waals surface area contributed by atoms with E-state index in [-0.39, 0.29) is 18.6 Å². The van der Waals surface area contributed by atoms with E-state index in [1.165, 1.54) is 0 Å². The van der Waals surface area contributed by atoms with Gasteiger partial charge >= 0.3 is 0 Å². The number of nitrogens with two attached hydrogens (primary N) is 1. The van der Waals surface area contributed by atoms with Crippen molar-refractivity contribution in [3.63, 3.8) is 0 Å². The molecular weight excluding hydrogens is 244 g/mol. The number of rotatable bonds is 5. The van der Waals surface area contributed by atoms with Gasteiger partial charge in [0, 0.05) is 13.1 Å². The van der Waals surface area contributed by atoms with Crippen molar-refractivity contribution in [3.05, 3.63) is 29.8 Å². The summed E-state index contributed by atoms with van der Waals surface area (Å²) in [5.41, 5.74) is 6.36. The molecule has 1 saturated heterocycles. The first kappa shape index (κ1) is 13.8. The number of carbonyl (C=O) groups is 1. The van der Waals surface area contributed by atoms with Crippen molar-refractivity contribution in [2.45, 2.75) is 13.0 Å². The summed E-state index contributed by atoms with van der Waals surface area (Å²) >= 11 is 0. The van der Waals surface area contributed by atoms with Crippen LogP contribution in [0.3, 0.4) is 0 Å². The van der Waals surface area contributed by atoms with E-state index in [9.17, 15) is 4.79 Å². The second-order valence-electron chi connectivity index (χ2n) is 4.82. The lowest BCUT2D eigenvalue weighted by atomic mass is 10.2. The fourth-order valence-electron chi connectivity index (χ4n) is 2.14. The third-order valence-corrected chi connectivity index (χ3v) is 3.03. The fourth-order valence-corrected chi connectivity index (χ4v) is 2.14. The van der Waals surface area contributed by atoms with Crippen LogP contribution >= 0.6 is 0 Å². The summed E-state index contributed by atoms with van der Waals surface area (Å²) in [6.07, 6.45) is -0.0198. The molecule has 0 bridgehead atoms. The van der Waals surface area contributed by atoms with E-state index < -0.39 is 0 Å². The Hall–Kier alpha value is -1.59. The number of carbonyl (C=O) groups excluding carboxylic acids is 1. The number of aryl methyl sites for hydroxylation is 1. The van der Waals surface area contributed by atoms with Crippen molar-refractivity contribution >= 4 is 5.91 Å². The summed E-state index contributed by atoms with van der Waals surface area (Å²) in [6, 6.07) is 7.91. The molecule has 1 atom stereocenters. The third kappa shape index (κ3) is 4.54. The lowest BCUT2D eigenvalue weighted by Gasteiger charge is -2.31. The maximum absolute atomic E-state index is 10.9. The van der Waals surface area contributed by atoms with Crippen LogP contribution in [0.1, 0.15) is 5.56 Å². The average Bonchev–Trinajstić information content (AvgIpc) is 2.36. The van der Waals surface area contributed by atoms with E-state index in [0.717, 1.165) is 17.9 Å². The summed E-state index contributed by atoms with van der Waals surface area (Å²) in [5, 5.41) is 0. The molecule has 1 fully saturated rings. The predicted octanol–water partition coefficient (Wildman–Crippen LogP) is 0.560. The minimum atomic E-state index is -0.305. The van der Waals surface area contributed by atoms with Crippen molar-refractivity contribution in [1.29, 1.82) is 0 Å². The Balaban J connectivity index is 1.81. The Morgan fingerprint density at radius 1 is 1.58 bits per heavy atom. The maximum atomic E-state index is 10.9. The minimum Gasteiger partial charge on any atom is -0.491 e. The minimum absolute atomic E-state index is 0.0198. The Morgan fingerprint density at radius 3 is 3.16 bits per heavy atom. The second-order valence-corrected chi connectivity index (χ2v) is 4.82. The first-order valence-electron chi connectivity index (χ1n) is 6.45. The first-order valence-corrected chi connectivity index (χ1v) is 6.45. The lowest BCUT2D eigenvalue weighted by molar-refractivity contribution is -0.121. The summed E-state index contributed by atoms with van der Waals surface area (Å²) in [5.74, 6) is 0.538. The van der Waals surface area contributed by atoms with Gasteiger partial charge in [-0.05, 0) is 24.6 Å². The third-order valence-electron chi connectivity index (χ3n) is 3.03. The van der Waals surface area contributed by atoms with E-state index in [1.54, 1.807) is 0 Å². The van der Waals surface area contributed by atoms with E-state index in [1.807, 2.05) is 36.1 Å². The normalized spacial score (nSPS) is 20.2. The molecule has 104 valence electrons. The van der Waals surface area contributed by atoms with E-state index in [4.69, 9.17) is 15.2 Å². The van der Waals surface area contributed by atoms with Crippen LogP contribution in [0.15, 0.2) is 24.3 Å². The topological polar surface area (TPSA) is 64.8 Å². The van der Waals surface area contributed by atoms with Gasteiger partial charge in [-0.3, -0.25) is 9.69 Å². The molecule has 0 saturated carbocycles. The van der Waals surface area contributed by atoms with Gasteiger partial charge in [-0.2, -0.15) is 0 Å². The molecule has 2 rings (SSSR count).